The number of rotatable bonds is 3. The van der Waals surface area contributed by atoms with Gasteiger partial charge >= 0.3 is 0 Å². The Balaban J connectivity index is 1.74. The number of thioether (sulfide) groups is 1. The molecule has 0 aliphatic carbocycles. The van der Waals surface area contributed by atoms with Crippen LogP contribution in [0.15, 0.2) is 46.8 Å². The van der Waals surface area contributed by atoms with E-state index in [2.05, 4.69) is 11.1 Å². The van der Waals surface area contributed by atoms with Crippen molar-refractivity contribution in [1.29, 1.82) is 5.26 Å². The van der Waals surface area contributed by atoms with Gasteiger partial charge in [-0.15, -0.1) is 11.3 Å². The van der Waals surface area contributed by atoms with Crippen LogP contribution in [0.4, 0.5) is 5.69 Å². The average Bonchev–Trinajstić information content (AvgIpc) is 3.12. The van der Waals surface area contributed by atoms with Crippen molar-refractivity contribution in [3.8, 4) is 6.07 Å². The molecule has 0 fully saturated rings. The maximum Gasteiger partial charge on any atom is 0.266 e. The summed E-state index contributed by atoms with van der Waals surface area (Å²) >= 11 is 2.82. The third-order valence-electron chi connectivity index (χ3n) is 3.66. The summed E-state index contributed by atoms with van der Waals surface area (Å²) in [7, 11) is 0. The van der Waals surface area contributed by atoms with E-state index >= 15 is 0 Å². The minimum absolute atomic E-state index is 0.307. The molecule has 0 saturated heterocycles. The van der Waals surface area contributed by atoms with E-state index in [1.807, 2.05) is 0 Å². The Morgan fingerprint density at radius 2 is 1.83 bits per heavy atom. The minimum atomic E-state index is -0.307. The van der Waals surface area contributed by atoms with Crippen LogP contribution in [-0.4, -0.2) is 22.6 Å². The maximum atomic E-state index is 12.5. The Labute approximate surface area is 145 Å². The lowest BCUT2D eigenvalue weighted by Gasteiger charge is -2.13. The highest BCUT2D eigenvalue weighted by Crippen LogP contribution is 2.34. The molecular weight excluding hydrogens is 342 g/mol. The molecule has 1 aliphatic heterocycles. The molecule has 2 aromatic carbocycles. The number of hydrogen-bond acceptors (Lipinski definition) is 6. The third-order valence-corrected chi connectivity index (χ3v) is 5.69. The average molecular weight is 351 g/mol. The lowest BCUT2D eigenvalue weighted by atomic mass is 10.1. The normalized spacial score (nSPS) is 13.4. The molecule has 0 N–H and O–H groups in total. The summed E-state index contributed by atoms with van der Waals surface area (Å²) in [5.74, 6) is -0.275. The van der Waals surface area contributed by atoms with Gasteiger partial charge in [-0.05, 0) is 30.3 Å². The molecule has 2 heterocycles. The fraction of sp³-hybridized carbons (Fsp3) is 0.0588. The molecule has 0 unspecified atom stereocenters. The van der Waals surface area contributed by atoms with Crippen LogP contribution >= 0.6 is 23.1 Å². The second-order valence-electron chi connectivity index (χ2n) is 5.07. The second kappa shape index (κ2) is 5.74. The molecule has 0 radical (unpaired) electrons. The molecule has 24 heavy (non-hydrogen) atoms. The molecule has 1 aliphatic rings. The standard InChI is InChI=1S/C17H9N3O2S2/c18-7-8-23-17-19-13-6-5-10(9-14(13)24-17)20-15(21)11-3-1-2-4-12(11)16(20)22/h1-6,9H,8H2. The summed E-state index contributed by atoms with van der Waals surface area (Å²) in [4.78, 5) is 30.7. The first-order valence-electron chi connectivity index (χ1n) is 7.07. The minimum Gasteiger partial charge on any atom is -0.268 e. The monoisotopic (exact) mass is 351 g/mol. The topological polar surface area (TPSA) is 74.1 Å². The predicted molar refractivity (Wildman–Crippen MR) is 93.5 cm³/mol. The number of carbonyl (C=O) groups excluding carboxylic acids is 2. The first-order valence-corrected chi connectivity index (χ1v) is 8.87. The zero-order valence-electron chi connectivity index (χ0n) is 12.2. The van der Waals surface area contributed by atoms with Crippen LogP contribution in [0.1, 0.15) is 20.7 Å². The van der Waals surface area contributed by atoms with Gasteiger partial charge in [-0.1, -0.05) is 23.9 Å². The van der Waals surface area contributed by atoms with E-state index in [9.17, 15) is 9.59 Å². The SMILES string of the molecule is N#CCSc1nc2ccc(N3C(=O)c4ccccc4C3=O)cc2s1. The Morgan fingerprint density at radius 3 is 2.50 bits per heavy atom. The molecular formula is C17H9N3O2S2. The summed E-state index contributed by atoms with van der Waals surface area (Å²) in [5, 5.41) is 8.66. The van der Waals surface area contributed by atoms with Crippen LogP contribution in [0.25, 0.3) is 10.2 Å². The third kappa shape index (κ3) is 2.28. The Bertz CT molecular complexity index is 1000. The lowest BCUT2D eigenvalue weighted by Crippen LogP contribution is -2.29. The van der Waals surface area contributed by atoms with E-state index in [-0.39, 0.29) is 11.8 Å². The number of aromatic nitrogens is 1. The van der Waals surface area contributed by atoms with Crippen molar-refractivity contribution < 1.29 is 9.59 Å². The number of fused-ring (bicyclic) bond motifs is 2. The van der Waals surface area contributed by atoms with Gasteiger partial charge in [0.05, 0.1) is 38.9 Å². The van der Waals surface area contributed by atoms with E-state index in [1.165, 1.54) is 28.0 Å². The van der Waals surface area contributed by atoms with Crippen LogP contribution in [0.5, 0.6) is 0 Å². The van der Waals surface area contributed by atoms with Crippen LogP contribution in [0.3, 0.4) is 0 Å². The quantitative estimate of drug-likeness (QED) is 0.531. The van der Waals surface area contributed by atoms with Gasteiger partial charge < -0.3 is 0 Å². The lowest BCUT2D eigenvalue weighted by molar-refractivity contribution is 0.0926. The molecule has 116 valence electrons. The van der Waals surface area contributed by atoms with E-state index < -0.39 is 0 Å². The summed E-state index contributed by atoms with van der Waals surface area (Å²) in [5.41, 5.74) is 2.18. The van der Waals surface area contributed by atoms with Crippen molar-refractivity contribution >= 4 is 50.8 Å². The first kappa shape index (κ1) is 14.9. The van der Waals surface area contributed by atoms with Crippen molar-refractivity contribution in [2.75, 3.05) is 10.7 Å². The number of amides is 2. The number of carbonyl (C=O) groups is 2. The molecule has 0 atom stereocenters. The molecule has 2 amide bonds. The zero-order valence-corrected chi connectivity index (χ0v) is 13.9. The summed E-state index contributed by atoms with van der Waals surface area (Å²) in [6.45, 7) is 0. The Hall–Kier alpha value is -2.69. The van der Waals surface area contributed by atoms with Gasteiger partial charge in [-0.3, -0.25) is 9.59 Å². The smallest absolute Gasteiger partial charge is 0.266 e. The number of imide groups is 1. The maximum absolute atomic E-state index is 12.5. The van der Waals surface area contributed by atoms with Crippen molar-refractivity contribution in [1.82, 2.24) is 4.98 Å². The van der Waals surface area contributed by atoms with Crippen molar-refractivity contribution in [3.63, 3.8) is 0 Å². The first-order chi connectivity index (χ1) is 11.7. The number of anilines is 1. The molecule has 0 saturated carbocycles. The molecule has 4 rings (SSSR count). The Kier molecular flexibility index (Phi) is 3.56. The number of nitriles is 1. The van der Waals surface area contributed by atoms with Gasteiger partial charge in [0, 0.05) is 0 Å². The molecule has 0 bridgehead atoms. The predicted octanol–water partition coefficient (Wildman–Crippen LogP) is 3.71. The molecule has 0 spiro atoms. The van der Waals surface area contributed by atoms with Gasteiger partial charge in [-0.2, -0.15) is 5.26 Å². The van der Waals surface area contributed by atoms with E-state index in [4.69, 9.17) is 5.26 Å². The Morgan fingerprint density at radius 1 is 1.12 bits per heavy atom. The number of hydrogen-bond donors (Lipinski definition) is 0. The van der Waals surface area contributed by atoms with Gasteiger partial charge in [0.25, 0.3) is 11.8 Å². The van der Waals surface area contributed by atoms with Crippen LogP contribution < -0.4 is 4.90 Å². The number of thiazole rings is 1. The van der Waals surface area contributed by atoms with Gasteiger partial charge in [0.2, 0.25) is 0 Å². The fourth-order valence-electron chi connectivity index (χ4n) is 2.61. The molecule has 3 aromatic rings. The van der Waals surface area contributed by atoms with Crippen molar-refractivity contribution in [3.05, 3.63) is 53.6 Å². The highest BCUT2D eigenvalue weighted by atomic mass is 32.2. The molecule has 7 heteroatoms. The highest BCUT2D eigenvalue weighted by Gasteiger charge is 2.36. The highest BCUT2D eigenvalue weighted by molar-refractivity contribution is 8.01. The molecule has 1 aromatic heterocycles. The van der Waals surface area contributed by atoms with Gasteiger partial charge in [-0.25, -0.2) is 9.88 Å². The second-order valence-corrected chi connectivity index (χ2v) is 7.32. The van der Waals surface area contributed by atoms with Gasteiger partial charge in [0.15, 0.2) is 4.34 Å². The van der Waals surface area contributed by atoms with Crippen molar-refractivity contribution in [2.45, 2.75) is 4.34 Å². The number of nitrogens with zero attached hydrogens (tertiary/aromatic N) is 3. The van der Waals surface area contributed by atoms with Crippen molar-refractivity contribution in [2.24, 2.45) is 0 Å². The van der Waals surface area contributed by atoms with Crippen LogP contribution in [0, 0.1) is 11.3 Å². The van der Waals surface area contributed by atoms with Crippen LogP contribution in [-0.2, 0) is 0 Å². The fourth-order valence-corrected chi connectivity index (χ4v) is 4.37. The van der Waals surface area contributed by atoms with E-state index in [0.29, 0.717) is 22.6 Å². The summed E-state index contributed by atoms with van der Waals surface area (Å²) in [6.07, 6.45) is 0. The zero-order chi connectivity index (χ0) is 16.7. The number of benzene rings is 2. The van der Waals surface area contributed by atoms with E-state index in [0.717, 1.165) is 14.6 Å². The largest absolute Gasteiger partial charge is 0.268 e. The van der Waals surface area contributed by atoms with Crippen LogP contribution in [0.2, 0.25) is 0 Å². The molecule has 5 nitrogen and oxygen atoms in total. The van der Waals surface area contributed by atoms with E-state index in [1.54, 1.807) is 42.5 Å². The summed E-state index contributed by atoms with van der Waals surface area (Å²) < 4.78 is 1.68. The summed E-state index contributed by atoms with van der Waals surface area (Å²) in [6, 6.07) is 14.2. The van der Waals surface area contributed by atoms with Gasteiger partial charge in [0.1, 0.15) is 0 Å².